The standard InChI is InChI=1S/C14H16N4S/c1-9-7-18(8-10(2)16-9)14-17-12-4-3-11(6-15)5-13(12)19-14/h3-5,9-10,16H,7-8H2,1-2H3/t9-,10+. The van der Waals surface area contributed by atoms with Crippen molar-refractivity contribution in [1.29, 1.82) is 5.26 Å². The highest BCUT2D eigenvalue weighted by Crippen LogP contribution is 2.30. The Morgan fingerprint density at radius 2 is 2.11 bits per heavy atom. The molecule has 1 aromatic heterocycles. The van der Waals surface area contributed by atoms with Crippen molar-refractivity contribution in [3.63, 3.8) is 0 Å². The first-order valence-electron chi connectivity index (χ1n) is 6.47. The van der Waals surface area contributed by atoms with Crippen LogP contribution < -0.4 is 10.2 Å². The zero-order chi connectivity index (χ0) is 13.4. The van der Waals surface area contributed by atoms with Crippen molar-refractivity contribution in [1.82, 2.24) is 10.3 Å². The predicted molar refractivity (Wildman–Crippen MR) is 78.6 cm³/mol. The maximum atomic E-state index is 8.94. The molecule has 0 spiro atoms. The van der Waals surface area contributed by atoms with E-state index in [4.69, 9.17) is 5.26 Å². The summed E-state index contributed by atoms with van der Waals surface area (Å²) >= 11 is 1.67. The Morgan fingerprint density at radius 1 is 1.37 bits per heavy atom. The van der Waals surface area contributed by atoms with Gasteiger partial charge in [-0.05, 0) is 32.0 Å². The largest absolute Gasteiger partial charge is 0.345 e. The van der Waals surface area contributed by atoms with Gasteiger partial charge in [0.2, 0.25) is 0 Å². The zero-order valence-electron chi connectivity index (χ0n) is 11.1. The van der Waals surface area contributed by atoms with Gasteiger partial charge in [-0.1, -0.05) is 11.3 Å². The van der Waals surface area contributed by atoms with Gasteiger partial charge >= 0.3 is 0 Å². The molecule has 0 radical (unpaired) electrons. The quantitative estimate of drug-likeness (QED) is 0.866. The molecule has 4 nitrogen and oxygen atoms in total. The monoisotopic (exact) mass is 272 g/mol. The molecule has 5 heteroatoms. The summed E-state index contributed by atoms with van der Waals surface area (Å²) in [4.78, 5) is 7.02. The maximum absolute atomic E-state index is 8.94. The fourth-order valence-electron chi connectivity index (χ4n) is 2.60. The SMILES string of the molecule is C[C@@H]1CN(c2nc3ccc(C#N)cc3s2)C[C@H](C)N1. The van der Waals surface area contributed by atoms with Crippen LogP contribution in [0.2, 0.25) is 0 Å². The Morgan fingerprint density at radius 3 is 2.79 bits per heavy atom. The Hall–Kier alpha value is -1.64. The van der Waals surface area contributed by atoms with E-state index >= 15 is 0 Å². The van der Waals surface area contributed by atoms with Gasteiger partial charge in [0.15, 0.2) is 5.13 Å². The number of rotatable bonds is 1. The van der Waals surface area contributed by atoms with Crippen LogP contribution >= 0.6 is 11.3 Å². The number of thiazole rings is 1. The number of piperazine rings is 1. The highest BCUT2D eigenvalue weighted by atomic mass is 32.1. The Labute approximate surface area is 116 Å². The topological polar surface area (TPSA) is 52.0 Å². The van der Waals surface area contributed by atoms with Crippen molar-refractivity contribution in [2.45, 2.75) is 25.9 Å². The third kappa shape index (κ3) is 2.42. The van der Waals surface area contributed by atoms with E-state index in [9.17, 15) is 0 Å². The van der Waals surface area contributed by atoms with Crippen LogP contribution in [0.25, 0.3) is 10.2 Å². The Balaban J connectivity index is 1.95. The lowest BCUT2D eigenvalue weighted by molar-refractivity contribution is 0.407. The number of anilines is 1. The Bertz CT molecular complexity index is 632. The fourth-order valence-corrected chi connectivity index (χ4v) is 3.62. The van der Waals surface area contributed by atoms with Crippen molar-refractivity contribution in [2.75, 3.05) is 18.0 Å². The molecule has 1 aliphatic rings. The van der Waals surface area contributed by atoms with Crippen LogP contribution in [-0.2, 0) is 0 Å². The smallest absolute Gasteiger partial charge is 0.186 e. The van der Waals surface area contributed by atoms with Crippen molar-refractivity contribution in [2.24, 2.45) is 0 Å². The van der Waals surface area contributed by atoms with Gasteiger partial charge in [0.25, 0.3) is 0 Å². The molecule has 2 atom stereocenters. The molecule has 0 unspecified atom stereocenters. The molecule has 1 saturated heterocycles. The molecule has 1 N–H and O–H groups in total. The number of benzene rings is 1. The molecule has 0 amide bonds. The number of nitrogens with zero attached hydrogens (tertiary/aromatic N) is 3. The molecular formula is C14H16N4S. The second kappa shape index (κ2) is 4.80. The van der Waals surface area contributed by atoms with Crippen molar-refractivity contribution in [3.8, 4) is 6.07 Å². The summed E-state index contributed by atoms with van der Waals surface area (Å²) in [5, 5.41) is 13.5. The molecule has 3 rings (SSSR count). The number of nitrogens with one attached hydrogen (secondary N) is 1. The number of hydrogen-bond acceptors (Lipinski definition) is 5. The molecule has 98 valence electrons. The molecule has 0 saturated carbocycles. The van der Waals surface area contributed by atoms with E-state index < -0.39 is 0 Å². The van der Waals surface area contributed by atoms with E-state index in [0.29, 0.717) is 17.6 Å². The zero-order valence-corrected chi connectivity index (χ0v) is 11.9. The van der Waals surface area contributed by atoms with Crippen LogP contribution in [-0.4, -0.2) is 30.2 Å². The van der Waals surface area contributed by atoms with Gasteiger partial charge in [0.1, 0.15) is 0 Å². The van der Waals surface area contributed by atoms with Crippen molar-refractivity contribution >= 4 is 26.7 Å². The van der Waals surface area contributed by atoms with Gasteiger partial charge in [0.05, 0.1) is 21.8 Å². The van der Waals surface area contributed by atoms with E-state index in [1.54, 1.807) is 11.3 Å². The second-order valence-electron chi connectivity index (χ2n) is 5.16. The van der Waals surface area contributed by atoms with Crippen LogP contribution in [0.3, 0.4) is 0 Å². The molecule has 0 bridgehead atoms. The third-order valence-electron chi connectivity index (χ3n) is 3.33. The van der Waals surface area contributed by atoms with Crippen LogP contribution in [0.4, 0.5) is 5.13 Å². The molecule has 19 heavy (non-hydrogen) atoms. The summed E-state index contributed by atoms with van der Waals surface area (Å²) in [6.07, 6.45) is 0. The Kier molecular flexibility index (Phi) is 3.13. The normalized spacial score (nSPS) is 23.5. The summed E-state index contributed by atoms with van der Waals surface area (Å²) in [6, 6.07) is 8.82. The molecular weight excluding hydrogens is 256 g/mol. The molecule has 1 aromatic carbocycles. The van der Waals surface area contributed by atoms with E-state index in [2.05, 4.69) is 35.1 Å². The molecule has 1 fully saturated rings. The summed E-state index contributed by atoms with van der Waals surface area (Å²) in [7, 11) is 0. The number of fused-ring (bicyclic) bond motifs is 1. The first-order chi connectivity index (χ1) is 9.15. The second-order valence-corrected chi connectivity index (χ2v) is 6.17. The maximum Gasteiger partial charge on any atom is 0.186 e. The summed E-state index contributed by atoms with van der Waals surface area (Å²) in [5.41, 5.74) is 1.68. The van der Waals surface area contributed by atoms with Crippen LogP contribution in [0.15, 0.2) is 18.2 Å². The summed E-state index contributed by atoms with van der Waals surface area (Å²) < 4.78 is 1.09. The lowest BCUT2D eigenvalue weighted by atomic mass is 10.2. The van der Waals surface area contributed by atoms with Gasteiger partial charge in [-0.2, -0.15) is 5.26 Å². The lowest BCUT2D eigenvalue weighted by Crippen LogP contribution is -2.54. The van der Waals surface area contributed by atoms with E-state index in [0.717, 1.165) is 28.4 Å². The molecule has 0 aliphatic carbocycles. The van der Waals surface area contributed by atoms with Gasteiger partial charge in [0, 0.05) is 25.2 Å². The average molecular weight is 272 g/mol. The number of aromatic nitrogens is 1. The minimum Gasteiger partial charge on any atom is -0.345 e. The van der Waals surface area contributed by atoms with Gasteiger partial charge in [-0.3, -0.25) is 0 Å². The molecule has 2 aromatic rings. The van der Waals surface area contributed by atoms with Crippen LogP contribution in [0.1, 0.15) is 19.4 Å². The first kappa shape index (κ1) is 12.4. The summed E-state index contributed by atoms with van der Waals surface area (Å²) in [5.74, 6) is 0. The lowest BCUT2D eigenvalue weighted by Gasteiger charge is -2.35. The van der Waals surface area contributed by atoms with Crippen molar-refractivity contribution < 1.29 is 0 Å². The predicted octanol–water partition coefficient (Wildman–Crippen LogP) is 2.35. The van der Waals surface area contributed by atoms with E-state index in [1.165, 1.54) is 0 Å². The number of hydrogen-bond donors (Lipinski definition) is 1. The minimum absolute atomic E-state index is 0.477. The number of nitriles is 1. The van der Waals surface area contributed by atoms with Gasteiger partial charge in [-0.25, -0.2) is 4.98 Å². The fraction of sp³-hybridized carbons (Fsp3) is 0.429. The van der Waals surface area contributed by atoms with Crippen LogP contribution in [0, 0.1) is 11.3 Å². The molecule has 1 aliphatic heterocycles. The van der Waals surface area contributed by atoms with E-state index in [-0.39, 0.29) is 0 Å². The minimum atomic E-state index is 0.477. The highest BCUT2D eigenvalue weighted by Gasteiger charge is 2.23. The third-order valence-corrected chi connectivity index (χ3v) is 4.41. The first-order valence-corrected chi connectivity index (χ1v) is 7.29. The highest BCUT2D eigenvalue weighted by molar-refractivity contribution is 7.22. The van der Waals surface area contributed by atoms with E-state index in [1.807, 2.05) is 18.2 Å². The summed E-state index contributed by atoms with van der Waals surface area (Å²) in [6.45, 7) is 6.36. The molecule has 2 heterocycles. The van der Waals surface area contributed by atoms with Crippen molar-refractivity contribution in [3.05, 3.63) is 23.8 Å². The van der Waals surface area contributed by atoms with Gasteiger partial charge in [-0.15, -0.1) is 0 Å². The average Bonchev–Trinajstić information content (AvgIpc) is 2.80. The van der Waals surface area contributed by atoms with Gasteiger partial charge < -0.3 is 10.2 Å². The van der Waals surface area contributed by atoms with Crippen LogP contribution in [0.5, 0.6) is 0 Å².